The molecule has 3 saturated heterocycles. The quantitative estimate of drug-likeness (QED) is 0.636. The molecule has 4 heterocycles. The van der Waals surface area contributed by atoms with Crippen molar-refractivity contribution in [2.45, 2.75) is 44.3 Å². The van der Waals surface area contributed by atoms with Crippen molar-refractivity contribution in [3.63, 3.8) is 0 Å². The van der Waals surface area contributed by atoms with Crippen molar-refractivity contribution in [3.8, 4) is 0 Å². The minimum absolute atomic E-state index is 0.0709. The van der Waals surface area contributed by atoms with Crippen molar-refractivity contribution in [1.82, 2.24) is 4.90 Å². The summed E-state index contributed by atoms with van der Waals surface area (Å²) in [5.41, 5.74) is 8.62. The summed E-state index contributed by atoms with van der Waals surface area (Å²) >= 11 is 0. The van der Waals surface area contributed by atoms with Gasteiger partial charge in [0.25, 0.3) is 0 Å². The van der Waals surface area contributed by atoms with E-state index in [0.717, 1.165) is 36.9 Å². The highest BCUT2D eigenvalue weighted by Gasteiger charge is 2.62. The van der Waals surface area contributed by atoms with Gasteiger partial charge in [-0.3, -0.25) is 19.3 Å². The minimum Gasteiger partial charge on any atom is -0.398 e. The first-order valence-corrected chi connectivity index (χ1v) is 9.74. The lowest BCUT2D eigenvalue weighted by Gasteiger charge is -2.30. The summed E-state index contributed by atoms with van der Waals surface area (Å²) < 4.78 is 5.74. The molecule has 4 unspecified atom stereocenters. The number of benzene rings is 1. The van der Waals surface area contributed by atoms with Crippen LogP contribution >= 0.6 is 0 Å². The summed E-state index contributed by atoms with van der Waals surface area (Å²) in [5, 5.41) is 0. The molecule has 5 rings (SSSR count). The maximum absolute atomic E-state index is 12.8. The summed E-state index contributed by atoms with van der Waals surface area (Å²) in [6, 6.07) is 5.61. The summed E-state index contributed by atoms with van der Waals surface area (Å²) in [7, 11) is 0. The fraction of sp³-hybridized carbons (Fsp3) is 0.550. The Hall–Kier alpha value is -2.41. The molecule has 2 N–H and O–H groups in total. The minimum atomic E-state index is -0.332. The molecule has 0 saturated carbocycles. The maximum atomic E-state index is 12.8. The van der Waals surface area contributed by atoms with Gasteiger partial charge in [-0.2, -0.15) is 0 Å². The Morgan fingerprint density at radius 1 is 1.15 bits per heavy atom. The number of ether oxygens (including phenoxy) is 1. The topological polar surface area (TPSA) is 92.9 Å². The van der Waals surface area contributed by atoms with Gasteiger partial charge in [-0.1, -0.05) is 6.07 Å². The van der Waals surface area contributed by atoms with E-state index in [1.165, 1.54) is 4.90 Å². The number of imide groups is 1. The van der Waals surface area contributed by atoms with Crippen LogP contribution in [0.15, 0.2) is 18.2 Å². The zero-order valence-corrected chi connectivity index (χ0v) is 15.1. The summed E-state index contributed by atoms with van der Waals surface area (Å²) in [6.45, 7) is 0.789. The SMILES string of the molecule is Nc1cccc2c1CCCN2C(=O)CCN1C(=O)C2C3CCC(O3)C2C1=O. The zero-order chi connectivity index (χ0) is 18.7. The van der Waals surface area contributed by atoms with Gasteiger partial charge in [-0.25, -0.2) is 0 Å². The van der Waals surface area contributed by atoms with E-state index in [0.29, 0.717) is 12.2 Å². The van der Waals surface area contributed by atoms with Gasteiger partial charge in [0.1, 0.15) is 0 Å². The van der Waals surface area contributed by atoms with Gasteiger partial charge in [-0.15, -0.1) is 0 Å². The van der Waals surface area contributed by atoms with Gasteiger partial charge < -0.3 is 15.4 Å². The Balaban J connectivity index is 1.29. The van der Waals surface area contributed by atoms with Crippen LogP contribution in [0.3, 0.4) is 0 Å². The molecule has 0 radical (unpaired) electrons. The Labute approximate surface area is 157 Å². The third-order valence-electron chi connectivity index (χ3n) is 6.51. The zero-order valence-electron chi connectivity index (χ0n) is 15.1. The molecule has 2 bridgehead atoms. The summed E-state index contributed by atoms with van der Waals surface area (Å²) in [6.07, 6.45) is 3.33. The number of hydrogen-bond donors (Lipinski definition) is 1. The smallest absolute Gasteiger partial charge is 0.235 e. The number of hydrogen-bond acceptors (Lipinski definition) is 5. The highest BCUT2D eigenvalue weighted by atomic mass is 16.5. The first kappa shape index (κ1) is 16.7. The normalized spacial score (nSPS) is 31.4. The number of rotatable bonds is 3. The predicted molar refractivity (Wildman–Crippen MR) is 97.7 cm³/mol. The number of likely N-dealkylation sites (tertiary alicyclic amines) is 1. The van der Waals surface area contributed by atoms with Crippen LogP contribution in [0.1, 0.15) is 31.2 Å². The maximum Gasteiger partial charge on any atom is 0.235 e. The van der Waals surface area contributed by atoms with Gasteiger partial charge in [0.2, 0.25) is 17.7 Å². The number of nitrogens with zero attached hydrogens (tertiary/aromatic N) is 2. The molecule has 0 spiro atoms. The lowest BCUT2D eigenvalue weighted by molar-refractivity contribution is -0.142. The Bertz CT molecular complexity index is 811. The molecule has 3 fully saturated rings. The molecular formula is C20H23N3O4. The molecule has 7 heteroatoms. The highest BCUT2D eigenvalue weighted by molar-refractivity contribution is 6.07. The molecule has 0 aromatic heterocycles. The summed E-state index contributed by atoms with van der Waals surface area (Å²) in [5.74, 6) is -1.05. The largest absolute Gasteiger partial charge is 0.398 e. The van der Waals surface area contributed by atoms with E-state index in [2.05, 4.69) is 0 Å². The second-order valence-corrected chi connectivity index (χ2v) is 7.91. The first-order chi connectivity index (χ1) is 13.1. The van der Waals surface area contributed by atoms with Gasteiger partial charge >= 0.3 is 0 Å². The lowest BCUT2D eigenvalue weighted by atomic mass is 9.81. The fourth-order valence-electron chi connectivity index (χ4n) is 5.25. The molecule has 3 amide bonds. The van der Waals surface area contributed by atoms with E-state index in [-0.39, 0.29) is 54.7 Å². The van der Waals surface area contributed by atoms with Crippen LogP contribution < -0.4 is 10.6 Å². The van der Waals surface area contributed by atoms with Crippen LogP contribution in [0.5, 0.6) is 0 Å². The molecule has 4 aliphatic rings. The average molecular weight is 369 g/mol. The van der Waals surface area contributed by atoms with Crippen LogP contribution in [0, 0.1) is 11.8 Å². The van der Waals surface area contributed by atoms with Gasteiger partial charge in [0.15, 0.2) is 0 Å². The molecule has 4 aliphatic heterocycles. The van der Waals surface area contributed by atoms with Crippen molar-refractivity contribution in [3.05, 3.63) is 23.8 Å². The fourth-order valence-corrected chi connectivity index (χ4v) is 5.25. The lowest BCUT2D eigenvalue weighted by Crippen LogP contribution is -2.40. The Kier molecular flexibility index (Phi) is 3.75. The van der Waals surface area contributed by atoms with Crippen molar-refractivity contribution in [2.75, 3.05) is 23.7 Å². The van der Waals surface area contributed by atoms with Gasteiger partial charge in [0, 0.05) is 30.9 Å². The molecule has 0 aliphatic carbocycles. The van der Waals surface area contributed by atoms with Crippen LogP contribution in [0.25, 0.3) is 0 Å². The number of amides is 3. The second-order valence-electron chi connectivity index (χ2n) is 7.91. The number of nitrogen functional groups attached to an aromatic ring is 1. The molecular weight excluding hydrogens is 346 g/mol. The van der Waals surface area contributed by atoms with Crippen molar-refractivity contribution >= 4 is 29.1 Å². The van der Waals surface area contributed by atoms with Crippen LogP contribution in [0.4, 0.5) is 11.4 Å². The van der Waals surface area contributed by atoms with E-state index < -0.39 is 0 Å². The third-order valence-corrected chi connectivity index (χ3v) is 6.51. The molecule has 1 aromatic rings. The van der Waals surface area contributed by atoms with Crippen LogP contribution in [-0.2, 0) is 25.5 Å². The van der Waals surface area contributed by atoms with Gasteiger partial charge in [0.05, 0.1) is 24.0 Å². The van der Waals surface area contributed by atoms with Crippen molar-refractivity contribution in [2.24, 2.45) is 11.8 Å². The monoisotopic (exact) mass is 369 g/mol. The number of carbonyl (C=O) groups is 3. The number of anilines is 2. The molecule has 27 heavy (non-hydrogen) atoms. The van der Waals surface area contributed by atoms with Gasteiger partial charge in [-0.05, 0) is 43.4 Å². The number of carbonyl (C=O) groups excluding carboxylic acids is 3. The van der Waals surface area contributed by atoms with E-state index >= 15 is 0 Å². The molecule has 7 nitrogen and oxygen atoms in total. The Morgan fingerprint density at radius 2 is 1.85 bits per heavy atom. The third kappa shape index (κ3) is 2.41. The molecule has 1 aromatic carbocycles. The van der Waals surface area contributed by atoms with E-state index in [9.17, 15) is 14.4 Å². The molecule has 4 atom stereocenters. The number of nitrogens with two attached hydrogens (primary N) is 1. The first-order valence-electron chi connectivity index (χ1n) is 9.74. The van der Waals surface area contributed by atoms with Crippen molar-refractivity contribution in [1.29, 1.82) is 0 Å². The van der Waals surface area contributed by atoms with Crippen LogP contribution in [-0.4, -0.2) is 47.9 Å². The van der Waals surface area contributed by atoms with Crippen molar-refractivity contribution < 1.29 is 19.1 Å². The van der Waals surface area contributed by atoms with E-state index in [1.807, 2.05) is 18.2 Å². The van der Waals surface area contributed by atoms with E-state index in [1.54, 1.807) is 4.90 Å². The highest BCUT2D eigenvalue weighted by Crippen LogP contribution is 2.48. The summed E-state index contributed by atoms with van der Waals surface area (Å²) in [4.78, 5) is 41.3. The average Bonchev–Trinajstić information content (AvgIpc) is 3.34. The Morgan fingerprint density at radius 3 is 2.56 bits per heavy atom. The van der Waals surface area contributed by atoms with E-state index in [4.69, 9.17) is 10.5 Å². The number of fused-ring (bicyclic) bond motifs is 6. The predicted octanol–water partition coefficient (Wildman–Crippen LogP) is 1.10. The molecule has 142 valence electrons. The standard InChI is InChI=1S/C20H23N3O4/c21-12-4-1-5-13-11(12)3-2-9-22(13)16(24)8-10-23-19(25)17-14-6-7-15(27-14)18(17)20(23)26/h1,4-5,14-15,17-18H,2-3,6-10,21H2. The second kappa shape index (κ2) is 6.05. The van der Waals surface area contributed by atoms with Crippen LogP contribution in [0.2, 0.25) is 0 Å².